The Morgan fingerprint density at radius 3 is 1.60 bits per heavy atom. The molecule has 0 nitrogen and oxygen atoms in total. The van der Waals surface area contributed by atoms with Crippen molar-refractivity contribution in [1.29, 1.82) is 0 Å². The van der Waals surface area contributed by atoms with Gasteiger partial charge in [0.05, 0.1) is 0 Å². The zero-order valence-electron chi connectivity index (χ0n) is 11.0. The Labute approximate surface area is 113 Å². The standard InChI is InChI=1S/C10H23Cl2GeSi2/c1-9(2,3)15(7,10(4,5)6)14(12)8-13-11/h8H2,1-7H3. The van der Waals surface area contributed by atoms with Gasteiger partial charge in [0.2, 0.25) is 0 Å². The molecule has 0 rings (SSSR count). The predicted octanol–water partition coefficient (Wildman–Crippen LogP) is 4.79. The first-order chi connectivity index (χ1) is 6.48. The van der Waals surface area contributed by atoms with Crippen LogP contribution in [0.15, 0.2) is 0 Å². The van der Waals surface area contributed by atoms with Gasteiger partial charge in [-0.15, -0.1) is 0 Å². The number of rotatable bonds is 3. The topological polar surface area (TPSA) is 0 Å². The fraction of sp³-hybridized carbons (Fsp3) is 1.00. The molecule has 0 N–H and O–H groups in total. The van der Waals surface area contributed by atoms with Gasteiger partial charge in [0, 0.05) is 0 Å². The summed E-state index contributed by atoms with van der Waals surface area (Å²) in [7, 11) is 3.77. The SMILES string of the molecule is CC(C)(C)[Si](C)([Si](Cl)[CH2][Ge][Cl])C(C)(C)C. The molecule has 5 heteroatoms. The molecule has 89 valence electrons. The van der Waals surface area contributed by atoms with Gasteiger partial charge in [-0.25, -0.2) is 0 Å². The second kappa shape index (κ2) is 5.47. The Morgan fingerprint density at radius 1 is 1.07 bits per heavy atom. The number of hydrogen-bond acceptors (Lipinski definition) is 0. The van der Waals surface area contributed by atoms with Gasteiger partial charge in [0.1, 0.15) is 0 Å². The van der Waals surface area contributed by atoms with Gasteiger partial charge in [-0.2, -0.15) is 0 Å². The van der Waals surface area contributed by atoms with E-state index in [9.17, 15) is 0 Å². The summed E-state index contributed by atoms with van der Waals surface area (Å²) < 4.78 is 0. The average molecular weight is 343 g/mol. The third-order valence-electron chi connectivity index (χ3n) is 3.76. The molecule has 0 aromatic rings. The maximum absolute atomic E-state index is 6.77. The van der Waals surface area contributed by atoms with E-state index in [1.54, 1.807) is 0 Å². The second-order valence-corrected chi connectivity index (χ2v) is 24.1. The Hall–Kier alpha value is 1.56. The Bertz CT molecular complexity index is 194. The monoisotopic (exact) mass is 343 g/mol. The molecular weight excluding hydrogens is 320 g/mol. The van der Waals surface area contributed by atoms with Crippen molar-refractivity contribution >= 4 is 50.8 Å². The zero-order valence-corrected chi connectivity index (χ0v) is 16.6. The summed E-state index contributed by atoms with van der Waals surface area (Å²) in [5.74, 6) is 0. The molecule has 0 aliphatic carbocycles. The molecular formula is C10H23Cl2GeSi2. The summed E-state index contributed by atoms with van der Waals surface area (Å²) >= 11 is 6.47. The van der Waals surface area contributed by atoms with E-state index in [2.05, 4.69) is 48.1 Å². The molecule has 3 radical (unpaired) electrons. The van der Waals surface area contributed by atoms with Crippen LogP contribution >= 0.6 is 21.1 Å². The molecule has 0 saturated carbocycles. The van der Waals surface area contributed by atoms with E-state index in [1.807, 2.05) is 0 Å². The van der Waals surface area contributed by atoms with Crippen LogP contribution in [0.4, 0.5) is 0 Å². The van der Waals surface area contributed by atoms with Crippen LogP contribution in [0.2, 0.25) is 21.5 Å². The second-order valence-electron chi connectivity index (χ2n) is 6.34. The fourth-order valence-electron chi connectivity index (χ4n) is 2.17. The first kappa shape index (κ1) is 16.6. The summed E-state index contributed by atoms with van der Waals surface area (Å²) in [4.78, 5) is 1.16. The van der Waals surface area contributed by atoms with Crippen molar-refractivity contribution in [3.05, 3.63) is 0 Å². The third-order valence-corrected chi connectivity index (χ3v) is 32.2. The van der Waals surface area contributed by atoms with Crippen molar-refractivity contribution in [3.8, 4) is 0 Å². The molecule has 0 unspecified atom stereocenters. The minimum atomic E-state index is -1.46. The summed E-state index contributed by atoms with van der Waals surface area (Å²) in [6.07, 6.45) is 0. The quantitative estimate of drug-likeness (QED) is 0.511. The van der Waals surface area contributed by atoms with Gasteiger partial charge in [-0.1, -0.05) is 0 Å². The van der Waals surface area contributed by atoms with Crippen molar-refractivity contribution in [2.45, 2.75) is 63.0 Å². The Morgan fingerprint density at radius 2 is 1.40 bits per heavy atom. The molecule has 0 aromatic heterocycles. The van der Waals surface area contributed by atoms with Crippen molar-refractivity contribution in [1.82, 2.24) is 0 Å². The first-order valence-electron chi connectivity index (χ1n) is 5.34. The molecule has 0 amide bonds. The molecule has 15 heavy (non-hydrogen) atoms. The molecule has 0 spiro atoms. The van der Waals surface area contributed by atoms with Gasteiger partial charge >= 0.3 is 114 Å². The van der Waals surface area contributed by atoms with Crippen molar-refractivity contribution in [2.75, 3.05) is 0 Å². The van der Waals surface area contributed by atoms with Crippen LogP contribution < -0.4 is 0 Å². The Balaban J connectivity index is 5.23. The van der Waals surface area contributed by atoms with Crippen LogP contribution in [0.1, 0.15) is 41.5 Å². The van der Waals surface area contributed by atoms with Gasteiger partial charge in [0.15, 0.2) is 0 Å². The third kappa shape index (κ3) is 3.51. The number of hydrogen-bond donors (Lipinski definition) is 0. The summed E-state index contributed by atoms with van der Waals surface area (Å²) in [5.41, 5.74) is 0. The van der Waals surface area contributed by atoms with E-state index in [4.69, 9.17) is 21.1 Å². The van der Waals surface area contributed by atoms with Crippen LogP contribution in [0.3, 0.4) is 0 Å². The van der Waals surface area contributed by atoms with Crippen molar-refractivity contribution < 1.29 is 0 Å². The average Bonchev–Trinajstić information content (AvgIpc) is 1.99. The van der Waals surface area contributed by atoms with Gasteiger partial charge in [-0.05, 0) is 0 Å². The van der Waals surface area contributed by atoms with Gasteiger partial charge < -0.3 is 0 Å². The normalized spacial score (nSPS) is 14.8. The molecule has 0 heterocycles. The molecule has 0 fully saturated rings. The predicted molar refractivity (Wildman–Crippen MR) is 79.1 cm³/mol. The van der Waals surface area contributed by atoms with Gasteiger partial charge in [0.25, 0.3) is 0 Å². The Kier molecular flexibility index (Phi) is 6.03. The van der Waals surface area contributed by atoms with Crippen LogP contribution in [0.5, 0.6) is 0 Å². The zero-order chi connectivity index (χ0) is 12.5. The first-order valence-corrected chi connectivity index (χ1v) is 15.8. The fourth-order valence-corrected chi connectivity index (χ4v) is 32.3. The molecule has 0 bridgehead atoms. The van der Waals surface area contributed by atoms with Crippen LogP contribution in [-0.4, -0.2) is 29.7 Å². The molecule has 0 aliphatic rings. The van der Waals surface area contributed by atoms with E-state index >= 15 is 0 Å². The summed E-state index contributed by atoms with van der Waals surface area (Å²) in [6, 6.07) is 0. The minimum absolute atomic E-state index is 0.297. The van der Waals surface area contributed by atoms with Crippen LogP contribution in [0.25, 0.3) is 0 Å². The van der Waals surface area contributed by atoms with E-state index in [0.29, 0.717) is 10.1 Å². The van der Waals surface area contributed by atoms with E-state index in [1.165, 1.54) is 0 Å². The molecule has 0 aliphatic heterocycles. The van der Waals surface area contributed by atoms with E-state index in [0.717, 1.165) is 4.88 Å². The summed E-state index contributed by atoms with van der Waals surface area (Å²) in [6.45, 7) is 16.7. The number of halogens is 2. The van der Waals surface area contributed by atoms with Crippen LogP contribution in [0, 0.1) is 0 Å². The van der Waals surface area contributed by atoms with Gasteiger partial charge in [-0.3, -0.25) is 0 Å². The molecule has 0 saturated heterocycles. The van der Waals surface area contributed by atoms with Crippen molar-refractivity contribution in [3.63, 3.8) is 0 Å². The van der Waals surface area contributed by atoms with Crippen LogP contribution in [-0.2, 0) is 0 Å². The summed E-state index contributed by atoms with van der Waals surface area (Å²) in [5, 5.41) is 0.749. The van der Waals surface area contributed by atoms with E-state index < -0.39 is 15.2 Å². The molecule has 0 aromatic carbocycles. The molecule has 0 atom stereocenters. The maximum atomic E-state index is 6.77. The van der Waals surface area contributed by atoms with E-state index in [-0.39, 0.29) is 14.5 Å². The van der Waals surface area contributed by atoms with Crippen molar-refractivity contribution in [2.24, 2.45) is 0 Å².